The van der Waals surface area contributed by atoms with Crippen molar-refractivity contribution in [1.29, 1.82) is 0 Å². The van der Waals surface area contributed by atoms with Gasteiger partial charge in [0.05, 0.1) is 20.8 Å². The summed E-state index contributed by atoms with van der Waals surface area (Å²) in [6, 6.07) is 6.32. The van der Waals surface area contributed by atoms with E-state index >= 15 is 0 Å². The molecule has 0 saturated heterocycles. The highest BCUT2D eigenvalue weighted by molar-refractivity contribution is 5.78. The van der Waals surface area contributed by atoms with Crippen LogP contribution in [0.3, 0.4) is 0 Å². The van der Waals surface area contributed by atoms with Crippen LogP contribution in [-0.4, -0.2) is 55.6 Å². The van der Waals surface area contributed by atoms with Crippen LogP contribution in [0.25, 0.3) is 0 Å². The van der Waals surface area contributed by atoms with Gasteiger partial charge in [-0.1, -0.05) is 0 Å². The Morgan fingerprint density at radius 2 is 1.87 bits per heavy atom. The van der Waals surface area contributed by atoms with E-state index in [1.165, 1.54) is 0 Å². The number of carbonyl (C=O) groups excluding carboxylic acids is 1. The van der Waals surface area contributed by atoms with E-state index in [-0.39, 0.29) is 5.91 Å². The second-order valence-electron chi connectivity index (χ2n) is 5.88. The van der Waals surface area contributed by atoms with E-state index < -0.39 is 0 Å². The van der Waals surface area contributed by atoms with Gasteiger partial charge in [-0.05, 0) is 44.9 Å². The number of ether oxygens (including phenoxy) is 2. The molecule has 0 N–H and O–H groups in total. The molecular weight excluding hydrogens is 292 g/mol. The van der Waals surface area contributed by atoms with Gasteiger partial charge in [0.15, 0.2) is 0 Å². The van der Waals surface area contributed by atoms with E-state index in [0.717, 1.165) is 43.0 Å². The molecule has 1 saturated carbocycles. The number of likely N-dealkylation sites (N-methyl/N-ethyl adjacent to an activating group) is 1. The first-order valence-corrected chi connectivity index (χ1v) is 8.35. The number of rotatable bonds is 9. The minimum absolute atomic E-state index is 0.198. The quantitative estimate of drug-likeness (QED) is 0.701. The van der Waals surface area contributed by atoms with Gasteiger partial charge in [-0.15, -0.1) is 0 Å². The highest BCUT2D eigenvalue weighted by Crippen LogP contribution is 2.31. The maximum Gasteiger partial charge on any atom is 0.236 e. The van der Waals surface area contributed by atoms with Crippen LogP contribution < -0.4 is 9.47 Å². The van der Waals surface area contributed by atoms with Crippen LogP contribution in [0.15, 0.2) is 18.2 Å². The Morgan fingerprint density at radius 3 is 2.39 bits per heavy atom. The fourth-order valence-corrected chi connectivity index (χ4v) is 2.83. The van der Waals surface area contributed by atoms with E-state index in [2.05, 4.69) is 4.90 Å². The third kappa shape index (κ3) is 4.61. The van der Waals surface area contributed by atoms with Crippen LogP contribution in [0.2, 0.25) is 0 Å². The molecule has 0 heterocycles. The first-order valence-electron chi connectivity index (χ1n) is 8.35. The zero-order valence-corrected chi connectivity index (χ0v) is 14.7. The number of benzene rings is 1. The standard InChI is InChI=1S/C18H28N2O3/c1-5-19(6-2)18(21)13-20(15-7-8-15)12-14-11-16(22-3)9-10-17(14)23-4/h9-11,15H,5-8,12-13H2,1-4H3. The smallest absolute Gasteiger partial charge is 0.236 e. The molecule has 1 aromatic rings. The summed E-state index contributed by atoms with van der Waals surface area (Å²) in [6.07, 6.45) is 2.33. The number of nitrogens with zero attached hydrogens (tertiary/aromatic N) is 2. The Balaban J connectivity index is 2.12. The lowest BCUT2D eigenvalue weighted by molar-refractivity contribution is -0.132. The van der Waals surface area contributed by atoms with E-state index in [1.54, 1.807) is 14.2 Å². The molecule has 5 nitrogen and oxygen atoms in total. The Morgan fingerprint density at radius 1 is 1.17 bits per heavy atom. The number of hydrogen-bond acceptors (Lipinski definition) is 4. The van der Waals surface area contributed by atoms with Crippen molar-refractivity contribution in [3.05, 3.63) is 23.8 Å². The predicted molar refractivity (Wildman–Crippen MR) is 90.9 cm³/mol. The lowest BCUT2D eigenvalue weighted by Crippen LogP contribution is -2.40. The maximum absolute atomic E-state index is 12.4. The van der Waals surface area contributed by atoms with Crippen LogP contribution in [0.1, 0.15) is 32.3 Å². The third-order valence-electron chi connectivity index (χ3n) is 4.38. The van der Waals surface area contributed by atoms with Crippen molar-refractivity contribution >= 4 is 5.91 Å². The van der Waals surface area contributed by atoms with Gasteiger partial charge in [0.25, 0.3) is 0 Å². The van der Waals surface area contributed by atoms with Crippen molar-refractivity contribution in [2.45, 2.75) is 39.3 Å². The monoisotopic (exact) mass is 320 g/mol. The van der Waals surface area contributed by atoms with Crippen molar-refractivity contribution in [3.63, 3.8) is 0 Å². The molecule has 0 aromatic heterocycles. The van der Waals surface area contributed by atoms with Crippen LogP contribution >= 0.6 is 0 Å². The summed E-state index contributed by atoms with van der Waals surface area (Å²) < 4.78 is 10.8. The third-order valence-corrected chi connectivity index (χ3v) is 4.38. The molecule has 1 aromatic carbocycles. The van der Waals surface area contributed by atoms with Crippen LogP contribution in [0.4, 0.5) is 0 Å². The van der Waals surface area contributed by atoms with Crippen LogP contribution in [-0.2, 0) is 11.3 Å². The van der Waals surface area contributed by atoms with E-state index in [9.17, 15) is 4.79 Å². The minimum Gasteiger partial charge on any atom is -0.497 e. The molecule has 1 amide bonds. The van der Waals surface area contributed by atoms with Crippen molar-refractivity contribution in [2.75, 3.05) is 33.9 Å². The van der Waals surface area contributed by atoms with E-state index in [0.29, 0.717) is 19.1 Å². The molecule has 0 aliphatic heterocycles. The number of amides is 1. The summed E-state index contributed by atoms with van der Waals surface area (Å²) >= 11 is 0. The van der Waals surface area contributed by atoms with Gasteiger partial charge in [-0.3, -0.25) is 9.69 Å². The second kappa shape index (κ2) is 8.20. The summed E-state index contributed by atoms with van der Waals surface area (Å²) in [5.74, 6) is 1.85. The maximum atomic E-state index is 12.4. The summed E-state index contributed by atoms with van der Waals surface area (Å²) in [7, 11) is 3.34. The van der Waals surface area contributed by atoms with E-state index in [1.807, 2.05) is 36.9 Å². The lowest BCUT2D eigenvalue weighted by Gasteiger charge is -2.26. The molecule has 0 bridgehead atoms. The molecule has 0 radical (unpaired) electrons. The summed E-state index contributed by atoms with van der Waals surface area (Å²) in [5.41, 5.74) is 1.06. The Labute approximate surface area is 139 Å². The van der Waals surface area contributed by atoms with Crippen molar-refractivity contribution in [1.82, 2.24) is 9.80 Å². The summed E-state index contributed by atoms with van der Waals surface area (Å²) in [6.45, 7) is 6.74. The van der Waals surface area contributed by atoms with Crippen molar-refractivity contribution in [3.8, 4) is 11.5 Å². The first-order chi connectivity index (χ1) is 11.1. The largest absolute Gasteiger partial charge is 0.497 e. The van der Waals surface area contributed by atoms with Gasteiger partial charge in [0.2, 0.25) is 5.91 Å². The zero-order chi connectivity index (χ0) is 16.8. The van der Waals surface area contributed by atoms with Gasteiger partial charge >= 0.3 is 0 Å². The molecule has 1 fully saturated rings. The molecule has 0 atom stereocenters. The van der Waals surface area contributed by atoms with Gasteiger partial charge in [-0.2, -0.15) is 0 Å². The topological polar surface area (TPSA) is 42.0 Å². The SMILES string of the molecule is CCN(CC)C(=O)CN(Cc1cc(OC)ccc1OC)C1CC1. The molecule has 1 aliphatic carbocycles. The summed E-state index contributed by atoms with van der Waals surface area (Å²) in [5, 5.41) is 0. The van der Waals surface area contributed by atoms with Gasteiger partial charge in [0.1, 0.15) is 11.5 Å². The number of hydrogen-bond donors (Lipinski definition) is 0. The average molecular weight is 320 g/mol. The predicted octanol–water partition coefficient (Wildman–Crippen LogP) is 2.54. The molecule has 128 valence electrons. The van der Waals surface area contributed by atoms with Gasteiger partial charge in [0, 0.05) is 31.2 Å². The minimum atomic E-state index is 0.198. The number of carbonyl (C=O) groups is 1. The highest BCUT2D eigenvalue weighted by atomic mass is 16.5. The van der Waals surface area contributed by atoms with Crippen molar-refractivity contribution < 1.29 is 14.3 Å². The molecule has 2 rings (SSSR count). The van der Waals surface area contributed by atoms with Crippen LogP contribution in [0.5, 0.6) is 11.5 Å². The number of methoxy groups -OCH3 is 2. The molecule has 0 unspecified atom stereocenters. The Kier molecular flexibility index (Phi) is 6.28. The molecular formula is C18H28N2O3. The molecule has 0 spiro atoms. The first kappa shape index (κ1) is 17.6. The Hall–Kier alpha value is -1.75. The highest BCUT2D eigenvalue weighted by Gasteiger charge is 2.31. The lowest BCUT2D eigenvalue weighted by atomic mass is 10.1. The van der Waals surface area contributed by atoms with Crippen LogP contribution in [0, 0.1) is 0 Å². The fraction of sp³-hybridized carbons (Fsp3) is 0.611. The fourth-order valence-electron chi connectivity index (χ4n) is 2.83. The molecule has 1 aliphatic rings. The molecule has 5 heteroatoms. The second-order valence-corrected chi connectivity index (χ2v) is 5.88. The van der Waals surface area contributed by atoms with Gasteiger partial charge in [-0.25, -0.2) is 0 Å². The molecule has 23 heavy (non-hydrogen) atoms. The zero-order valence-electron chi connectivity index (χ0n) is 14.7. The van der Waals surface area contributed by atoms with E-state index in [4.69, 9.17) is 9.47 Å². The average Bonchev–Trinajstić information content (AvgIpc) is 3.40. The Bertz CT molecular complexity index is 525. The normalized spacial score (nSPS) is 14.0. The summed E-state index contributed by atoms with van der Waals surface area (Å²) in [4.78, 5) is 16.6. The van der Waals surface area contributed by atoms with Gasteiger partial charge < -0.3 is 14.4 Å². The van der Waals surface area contributed by atoms with Crippen molar-refractivity contribution in [2.24, 2.45) is 0 Å².